The highest BCUT2D eigenvalue weighted by molar-refractivity contribution is 7.89. The molecule has 2 heterocycles. The third-order valence-electron chi connectivity index (χ3n) is 4.89. The molecule has 28 heavy (non-hydrogen) atoms. The molecule has 0 unspecified atom stereocenters. The van der Waals surface area contributed by atoms with E-state index in [4.69, 9.17) is 4.42 Å². The first-order valence-electron chi connectivity index (χ1n) is 9.56. The summed E-state index contributed by atoms with van der Waals surface area (Å²) in [6.45, 7) is 8.03. The molecule has 150 valence electrons. The first-order chi connectivity index (χ1) is 13.3. The molecule has 1 fully saturated rings. The van der Waals surface area contributed by atoms with Crippen LogP contribution in [0.3, 0.4) is 0 Å². The van der Waals surface area contributed by atoms with Crippen molar-refractivity contribution in [3.8, 4) is 17.5 Å². The Labute approximate surface area is 166 Å². The number of hydrogen-bond acceptors (Lipinski definition) is 6. The van der Waals surface area contributed by atoms with Crippen molar-refractivity contribution >= 4 is 15.9 Å². The Morgan fingerprint density at radius 1 is 1.29 bits per heavy atom. The van der Waals surface area contributed by atoms with Gasteiger partial charge in [0, 0.05) is 25.2 Å². The predicted octanol–water partition coefficient (Wildman–Crippen LogP) is 3.70. The van der Waals surface area contributed by atoms with Crippen LogP contribution in [0, 0.1) is 23.2 Å². The van der Waals surface area contributed by atoms with Gasteiger partial charge in [0.1, 0.15) is 6.07 Å². The van der Waals surface area contributed by atoms with E-state index < -0.39 is 10.0 Å². The van der Waals surface area contributed by atoms with E-state index in [1.165, 1.54) is 0 Å². The average Bonchev–Trinajstić information content (AvgIpc) is 3.10. The molecule has 2 aromatic rings. The van der Waals surface area contributed by atoms with Gasteiger partial charge in [-0.15, -0.1) is 0 Å². The third kappa shape index (κ3) is 4.37. The maximum absolute atomic E-state index is 12.8. The molecule has 0 aliphatic carbocycles. The number of hydrogen-bond donors (Lipinski definition) is 1. The van der Waals surface area contributed by atoms with Crippen LogP contribution in [-0.2, 0) is 10.0 Å². The molecule has 0 bridgehead atoms. The number of sulfonamides is 1. The van der Waals surface area contributed by atoms with Gasteiger partial charge in [-0.25, -0.2) is 8.42 Å². The summed E-state index contributed by atoms with van der Waals surface area (Å²) < 4.78 is 32.9. The number of benzene rings is 1. The Bertz CT molecular complexity index is 950. The molecule has 0 saturated carbocycles. The van der Waals surface area contributed by atoms with Crippen LogP contribution in [0.1, 0.15) is 39.3 Å². The van der Waals surface area contributed by atoms with Gasteiger partial charge in [-0.2, -0.15) is 14.6 Å². The van der Waals surface area contributed by atoms with Gasteiger partial charge in [-0.05, 0) is 48.9 Å². The molecule has 3 rings (SSSR count). The lowest BCUT2D eigenvalue weighted by atomic mass is 10.0. The number of piperidine rings is 1. The lowest BCUT2D eigenvalue weighted by molar-refractivity contribution is 0.288. The minimum Gasteiger partial charge on any atom is -0.419 e. The predicted molar refractivity (Wildman–Crippen MR) is 107 cm³/mol. The van der Waals surface area contributed by atoms with Gasteiger partial charge in [0.05, 0.1) is 4.90 Å². The van der Waals surface area contributed by atoms with Gasteiger partial charge >= 0.3 is 0 Å². The summed E-state index contributed by atoms with van der Waals surface area (Å²) in [5.74, 6) is 1.58. The molecule has 1 aromatic heterocycles. The molecule has 0 amide bonds. The second-order valence-corrected chi connectivity index (χ2v) is 9.63. The number of nitrogens with zero attached hydrogens (tertiary/aromatic N) is 3. The highest BCUT2D eigenvalue weighted by Gasteiger charge is 2.28. The maximum atomic E-state index is 12.8. The molecule has 1 saturated heterocycles. The van der Waals surface area contributed by atoms with Crippen LogP contribution in [0.25, 0.3) is 11.5 Å². The number of nitrogens with one attached hydrogen (secondary N) is 1. The van der Waals surface area contributed by atoms with Gasteiger partial charge in [-0.3, -0.25) is 0 Å². The second kappa shape index (κ2) is 8.33. The van der Waals surface area contributed by atoms with Gasteiger partial charge < -0.3 is 9.73 Å². The standard InChI is InChI=1S/C20H26N4O3S/c1-14(2)13-22-20-18(12-21)23-19(27-20)16-4-6-17(7-5-16)28(25,26)24-10-8-15(3)9-11-24/h4-7,14-15,22H,8-11,13H2,1-3H3. The third-order valence-corrected chi connectivity index (χ3v) is 6.80. The highest BCUT2D eigenvalue weighted by Crippen LogP contribution is 2.28. The van der Waals surface area contributed by atoms with E-state index in [2.05, 4.69) is 31.1 Å². The monoisotopic (exact) mass is 402 g/mol. The fourth-order valence-corrected chi connectivity index (χ4v) is 4.55. The fraction of sp³-hybridized carbons (Fsp3) is 0.500. The summed E-state index contributed by atoms with van der Waals surface area (Å²) in [6, 6.07) is 8.49. The van der Waals surface area contributed by atoms with E-state index in [1.54, 1.807) is 28.6 Å². The zero-order valence-electron chi connectivity index (χ0n) is 16.5. The number of rotatable bonds is 6. The molecule has 7 nitrogen and oxygen atoms in total. The van der Waals surface area contributed by atoms with Crippen LogP contribution in [0.2, 0.25) is 0 Å². The van der Waals surface area contributed by atoms with E-state index in [9.17, 15) is 13.7 Å². The number of oxazole rings is 1. The van der Waals surface area contributed by atoms with Gasteiger partial charge in [0.15, 0.2) is 0 Å². The van der Waals surface area contributed by atoms with Gasteiger partial charge in [0.25, 0.3) is 0 Å². The highest BCUT2D eigenvalue weighted by atomic mass is 32.2. The summed E-state index contributed by atoms with van der Waals surface area (Å²) in [5, 5.41) is 12.3. The summed E-state index contributed by atoms with van der Waals surface area (Å²) >= 11 is 0. The largest absolute Gasteiger partial charge is 0.419 e. The Morgan fingerprint density at radius 3 is 2.50 bits per heavy atom. The van der Waals surface area contributed by atoms with Crippen LogP contribution < -0.4 is 5.32 Å². The molecule has 1 aromatic carbocycles. The van der Waals surface area contributed by atoms with Crippen molar-refractivity contribution in [2.75, 3.05) is 25.0 Å². The van der Waals surface area contributed by atoms with E-state index >= 15 is 0 Å². The zero-order valence-corrected chi connectivity index (χ0v) is 17.3. The molecule has 8 heteroatoms. The maximum Gasteiger partial charge on any atom is 0.243 e. The van der Waals surface area contributed by atoms with E-state index in [0.29, 0.717) is 48.8 Å². The average molecular weight is 403 g/mol. The Balaban J connectivity index is 1.80. The molecule has 1 aliphatic heterocycles. The van der Waals surface area contributed by atoms with Crippen molar-refractivity contribution in [1.82, 2.24) is 9.29 Å². The summed E-state index contributed by atoms with van der Waals surface area (Å²) in [4.78, 5) is 4.48. The van der Waals surface area contributed by atoms with E-state index in [-0.39, 0.29) is 10.6 Å². The van der Waals surface area contributed by atoms with Crippen molar-refractivity contribution < 1.29 is 12.8 Å². The molecular weight excluding hydrogens is 376 g/mol. The van der Waals surface area contributed by atoms with Gasteiger partial charge in [-0.1, -0.05) is 20.8 Å². The summed E-state index contributed by atoms with van der Waals surface area (Å²) in [5.41, 5.74) is 0.815. The van der Waals surface area contributed by atoms with E-state index in [0.717, 1.165) is 12.8 Å². The molecular formula is C20H26N4O3S. The molecule has 1 aliphatic rings. The van der Waals surface area contributed by atoms with E-state index in [1.807, 2.05) is 6.07 Å². The quantitative estimate of drug-likeness (QED) is 0.791. The minimum atomic E-state index is -3.49. The van der Waals surface area contributed by atoms with Crippen molar-refractivity contribution in [3.63, 3.8) is 0 Å². The molecule has 1 N–H and O–H groups in total. The molecule has 0 radical (unpaired) electrons. The minimum absolute atomic E-state index is 0.190. The lowest BCUT2D eigenvalue weighted by Gasteiger charge is -2.29. The molecule has 0 spiro atoms. The zero-order chi connectivity index (χ0) is 20.3. The Hall–Kier alpha value is -2.37. The topological polar surface area (TPSA) is 99.2 Å². The lowest BCUT2D eigenvalue weighted by Crippen LogP contribution is -2.37. The van der Waals surface area contributed by atoms with Crippen molar-refractivity contribution in [2.45, 2.75) is 38.5 Å². The normalized spacial score (nSPS) is 16.2. The van der Waals surface area contributed by atoms with Crippen LogP contribution in [0.15, 0.2) is 33.6 Å². The smallest absolute Gasteiger partial charge is 0.243 e. The van der Waals surface area contributed by atoms with Crippen molar-refractivity contribution in [3.05, 3.63) is 30.0 Å². The van der Waals surface area contributed by atoms with Crippen LogP contribution in [-0.4, -0.2) is 37.3 Å². The number of anilines is 1. The first kappa shape index (κ1) is 20.4. The fourth-order valence-electron chi connectivity index (χ4n) is 3.08. The van der Waals surface area contributed by atoms with Crippen LogP contribution >= 0.6 is 0 Å². The van der Waals surface area contributed by atoms with Crippen LogP contribution in [0.4, 0.5) is 5.88 Å². The van der Waals surface area contributed by atoms with Crippen molar-refractivity contribution in [2.24, 2.45) is 11.8 Å². The van der Waals surface area contributed by atoms with Crippen LogP contribution in [0.5, 0.6) is 0 Å². The summed E-state index contributed by atoms with van der Waals surface area (Å²) in [6.07, 6.45) is 1.77. The SMILES string of the molecule is CC(C)CNc1oc(-c2ccc(S(=O)(=O)N3CCC(C)CC3)cc2)nc1C#N. The first-order valence-corrected chi connectivity index (χ1v) is 11.0. The van der Waals surface area contributed by atoms with Gasteiger partial charge in [0.2, 0.25) is 27.5 Å². The second-order valence-electron chi connectivity index (χ2n) is 7.69. The molecule has 0 atom stereocenters. The Kier molecular flexibility index (Phi) is 6.06. The number of nitriles is 1. The Morgan fingerprint density at radius 2 is 1.93 bits per heavy atom. The van der Waals surface area contributed by atoms with Crippen molar-refractivity contribution in [1.29, 1.82) is 5.26 Å². The summed E-state index contributed by atoms with van der Waals surface area (Å²) in [7, 11) is -3.49. The number of aromatic nitrogens is 1.